The first kappa shape index (κ1) is 27.0. The van der Waals surface area contributed by atoms with E-state index in [2.05, 4.69) is 10.3 Å². The lowest BCUT2D eigenvalue weighted by Crippen LogP contribution is -2.45. The molecule has 2 heterocycles. The maximum absolute atomic E-state index is 13.5. The zero-order valence-electron chi connectivity index (χ0n) is 21.2. The number of sulfone groups is 1. The highest BCUT2D eigenvalue weighted by Crippen LogP contribution is 2.43. The number of amides is 2. The predicted molar refractivity (Wildman–Crippen MR) is 145 cm³/mol. The number of alkyl carbamates (subject to hydrolysis) is 1. The van der Waals surface area contributed by atoms with Crippen LogP contribution in [0.5, 0.6) is 5.75 Å². The average molecular weight is 546 g/mol. The standard InChI is InChI=1S/C26H31N3O6S2/c1-26(2,3)35-25(31)27-18(14-17-10-6-5-7-11-17)23(30)28-24-29(19-12-8-9-13-21(19)34-4)20-15-37(32,33)16-22(20)36-24/h5-13,18,20,22H,14-16H2,1-4H3,(H,27,31). The van der Waals surface area contributed by atoms with Crippen LogP contribution in [0.2, 0.25) is 0 Å². The number of anilines is 1. The molecule has 0 spiro atoms. The van der Waals surface area contributed by atoms with E-state index in [0.29, 0.717) is 16.6 Å². The maximum Gasteiger partial charge on any atom is 0.408 e. The Kier molecular flexibility index (Phi) is 7.84. The monoisotopic (exact) mass is 545 g/mol. The normalized spacial score (nSPS) is 22.4. The van der Waals surface area contributed by atoms with Gasteiger partial charge in [0, 0.05) is 11.7 Å². The fraction of sp³-hybridized carbons (Fsp3) is 0.423. The van der Waals surface area contributed by atoms with Gasteiger partial charge in [-0.05, 0) is 38.5 Å². The molecular weight excluding hydrogens is 514 g/mol. The maximum atomic E-state index is 13.5. The minimum atomic E-state index is -3.22. The Morgan fingerprint density at radius 1 is 1.11 bits per heavy atom. The number of amidine groups is 1. The van der Waals surface area contributed by atoms with E-state index >= 15 is 0 Å². The first-order valence-corrected chi connectivity index (χ1v) is 14.6. The number of nitrogens with zero attached hydrogens (tertiary/aromatic N) is 2. The number of fused-ring (bicyclic) bond motifs is 1. The van der Waals surface area contributed by atoms with E-state index in [4.69, 9.17) is 9.47 Å². The summed E-state index contributed by atoms with van der Waals surface area (Å²) < 4.78 is 35.7. The van der Waals surface area contributed by atoms with Crippen molar-refractivity contribution in [2.24, 2.45) is 4.99 Å². The van der Waals surface area contributed by atoms with Gasteiger partial charge in [-0.2, -0.15) is 4.99 Å². The Morgan fingerprint density at radius 2 is 1.78 bits per heavy atom. The van der Waals surface area contributed by atoms with Gasteiger partial charge in [-0.25, -0.2) is 13.2 Å². The lowest BCUT2D eigenvalue weighted by atomic mass is 10.1. The summed E-state index contributed by atoms with van der Waals surface area (Å²) in [6, 6.07) is 15.2. The first-order chi connectivity index (χ1) is 17.5. The Hall–Kier alpha value is -3.05. The van der Waals surface area contributed by atoms with Crippen molar-refractivity contribution in [2.75, 3.05) is 23.5 Å². The zero-order valence-corrected chi connectivity index (χ0v) is 22.8. The molecule has 3 atom stereocenters. The molecule has 2 saturated heterocycles. The lowest BCUT2D eigenvalue weighted by Gasteiger charge is -2.26. The van der Waals surface area contributed by atoms with E-state index < -0.39 is 33.5 Å². The molecule has 3 unspecified atom stereocenters. The molecule has 0 aromatic heterocycles. The number of aliphatic imine (C=N–C) groups is 1. The number of hydrogen-bond donors (Lipinski definition) is 1. The van der Waals surface area contributed by atoms with Crippen molar-refractivity contribution in [3.05, 3.63) is 60.2 Å². The van der Waals surface area contributed by atoms with Crippen LogP contribution in [0.1, 0.15) is 26.3 Å². The minimum absolute atomic E-state index is 0.00476. The van der Waals surface area contributed by atoms with Crippen molar-refractivity contribution in [2.45, 2.75) is 50.1 Å². The zero-order chi connectivity index (χ0) is 26.8. The number of para-hydroxylation sites is 2. The fourth-order valence-corrected chi connectivity index (χ4v) is 8.26. The third kappa shape index (κ3) is 6.64. The first-order valence-electron chi connectivity index (χ1n) is 11.9. The Morgan fingerprint density at radius 3 is 2.46 bits per heavy atom. The molecule has 2 amide bonds. The molecule has 37 heavy (non-hydrogen) atoms. The summed E-state index contributed by atoms with van der Waals surface area (Å²) in [5.41, 5.74) is 0.746. The molecule has 198 valence electrons. The van der Waals surface area contributed by atoms with Crippen molar-refractivity contribution < 1.29 is 27.5 Å². The molecule has 0 aliphatic carbocycles. The van der Waals surface area contributed by atoms with Crippen LogP contribution in [0.25, 0.3) is 0 Å². The van der Waals surface area contributed by atoms with Gasteiger partial charge in [0.15, 0.2) is 15.0 Å². The highest BCUT2D eigenvalue weighted by Gasteiger charge is 2.50. The number of hydrogen-bond acceptors (Lipinski definition) is 7. The van der Waals surface area contributed by atoms with Crippen LogP contribution in [-0.4, -0.2) is 67.1 Å². The summed E-state index contributed by atoms with van der Waals surface area (Å²) in [6.45, 7) is 5.23. The van der Waals surface area contributed by atoms with Gasteiger partial charge in [-0.1, -0.05) is 54.2 Å². The van der Waals surface area contributed by atoms with E-state index in [1.165, 1.54) is 18.9 Å². The summed E-state index contributed by atoms with van der Waals surface area (Å²) >= 11 is 1.26. The van der Waals surface area contributed by atoms with E-state index in [1.807, 2.05) is 48.5 Å². The third-order valence-corrected chi connectivity index (χ3v) is 9.10. The third-order valence-electron chi connectivity index (χ3n) is 5.89. The topological polar surface area (TPSA) is 114 Å². The predicted octanol–water partition coefficient (Wildman–Crippen LogP) is 3.43. The Balaban J connectivity index is 1.67. The molecule has 2 aromatic rings. The van der Waals surface area contributed by atoms with Crippen molar-refractivity contribution >= 4 is 44.5 Å². The summed E-state index contributed by atoms with van der Waals surface area (Å²) in [4.78, 5) is 32.3. The SMILES string of the molecule is COc1ccccc1N1C(=NC(=O)C(Cc2ccccc2)NC(=O)OC(C)(C)C)SC2CS(=O)(=O)CC21. The van der Waals surface area contributed by atoms with Gasteiger partial charge in [-0.3, -0.25) is 4.79 Å². The largest absolute Gasteiger partial charge is 0.495 e. The van der Waals surface area contributed by atoms with Crippen molar-refractivity contribution in [1.29, 1.82) is 0 Å². The van der Waals surface area contributed by atoms with Gasteiger partial charge in [0.2, 0.25) is 0 Å². The second kappa shape index (κ2) is 10.7. The minimum Gasteiger partial charge on any atom is -0.495 e. The van der Waals surface area contributed by atoms with Crippen LogP contribution in [0.3, 0.4) is 0 Å². The lowest BCUT2D eigenvalue weighted by molar-refractivity contribution is -0.119. The molecule has 11 heteroatoms. The van der Waals surface area contributed by atoms with Crippen LogP contribution in [0.15, 0.2) is 59.6 Å². The molecule has 2 aliphatic rings. The Labute approximate surface area is 221 Å². The van der Waals surface area contributed by atoms with Gasteiger partial charge in [0.25, 0.3) is 5.91 Å². The van der Waals surface area contributed by atoms with Crippen LogP contribution >= 0.6 is 11.8 Å². The second-order valence-corrected chi connectivity index (χ2v) is 13.3. The van der Waals surface area contributed by atoms with Crippen LogP contribution in [0, 0.1) is 0 Å². The number of benzene rings is 2. The van der Waals surface area contributed by atoms with Gasteiger partial charge in [0.1, 0.15) is 17.4 Å². The van der Waals surface area contributed by atoms with Gasteiger partial charge in [0.05, 0.1) is 30.3 Å². The number of methoxy groups -OCH3 is 1. The molecule has 2 aliphatic heterocycles. The summed E-state index contributed by atoms with van der Waals surface area (Å²) in [7, 11) is -1.69. The number of rotatable bonds is 6. The molecule has 1 N–H and O–H groups in total. The van der Waals surface area contributed by atoms with E-state index in [1.54, 1.807) is 31.7 Å². The number of thioether (sulfide) groups is 1. The molecular formula is C26H31N3O6S2. The van der Waals surface area contributed by atoms with Crippen molar-refractivity contribution in [1.82, 2.24) is 5.32 Å². The van der Waals surface area contributed by atoms with E-state index in [0.717, 1.165) is 5.56 Å². The van der Waals surface area contributed by atoms with Gasteiger partial charge < -0.3 is 19.7 Å². The molecule has 4 rings (SSSR count). The molecule has 0 saturated carbocycles. The number of carbonyl (C=O) groups excluding carboxylic acids is 2. The fourth-order valence-electron chi connectivity index (χ4n) is 4.35. The van der Waals surface area contributed by atoms with E-state index in [9.17, 15) is 18.0 Å². The smallest absolute Gasteiger partial charge is 0.408 e. The number of carbonyl (C=O) groups is 2. The molecule has 0 radical (unpaired) electrons. The van der Waals surface area contributed by atoms with Gasteiger partial charge in [-0.15, -0.1) is 0 Å². The average Bonchev–Trinajstić information content (AvgIpc) is 3.28. The Bertz CT molecular complexity index is 1290. The molecule has 2 aromatic carbocycles. The molecule has 0 bridgehead atoms. The van der Waals surface area contributed by atoms with E-state index in [-0.39, 0.29) is 29.2 Å². The summed E-state index contributed by atoms with van der Waals surface area (Å²) in [6.07, 6.45) is -0.499. The quantitative estimate of drug-likeness (QED) is 0.587. The highest BCUT2D eigenvalue weighted by molar-refractivity contribution is 8.16. The van der Waals surface area contributed by atoms with Gasteiger partial charge >= 0.3 is 6.09 Å². The van der Waals surface area contributed by atoms with Crippen LogP contribution in [0.4, 0.5) is 10.5 Å². The second-order valence-electron chi connectivity index (χ2n) is 9.96. The van der Waals surface area contributed by atoms with Crippen molar-refractivity contribution in [3.8, 4) is 5.75 Å². The summed E-state index contributed by atoms with van der Waals surface area (Å²) in [5.74, 6) is -0.0505. The molecule has 2 fully saturated rings. The number of nitrogens with one attached hydrogen (secondary N) is 1. The van der Waals surface area contributed by atoms with Crippen LogP contribution < -0.4 is 15.0 Å². The summed E-state index contributed by atoms with van der Waals surface area (Å²) in [5, 5.41) is 2.78. The van der Waals surface area contributed by atoms with Crippen molar-refractivity contribution in [3.63, 3.8) is 0 Å². The molecule has 9 nitrogen and oxygen atoms in total. The number of ether oxygens (including phenoxy) is 2. The van der Waals surface area contributed by atoms with Crippen LogP contribution in [-0.2, 0) is 25.8 Å². The highest BCUT2D eigenvalue weighted by atomic mass is 32.2.